The first kappa shape index (κ1) is 22.9. The number of pyridine rings is 1. The fourth-order valence-corrected chi connectivity index (χ4v) is 4.09. The zero-order valence-corrected chi connectivity index (χ0v) is 19.2. The number of unbranched alkanes of at least 4 members (excludes halogenated alkanes) is 2. The molecule has 0 radical (unpaired) electrons. The summed E-state index contributed by atoms with van der Waals surface area (Å²) in [7, 11) is 0. The Morgan fingerprint density at radius 3 is 2.64 bits per heavy atom. The van der Waals surface area contributed by atoms with E-state index >= 15 is 0 Å². The number of aromatic nitrogens is 3. The lowest BCUT2D eigenvalue weighted by molar-refractivity contribution is 0.0988. The van der Waals surface area contributed by atoms with Crippen molar-refractivity contribution in [2.45, 2.75) is 39.0 Å². The summed E-state index contributed by atoms with van der Waals surface area (Å²) < 4.78 is 5.46. The first-order valence-corrected chi connectivity index (χ1v) is 11.7. The molecular weight excluding hydrogens is 414 g/mol. The number of nitrogens with two attached hydrogens (primary N) is 1. The molecule has 1 aliphatic rings. The summed E-state index contributed by atoms with van der Waals surface area (Å²) in [6.45, 7) is 5.13. The maximum atomic E-state index is 13.2. The Balaban J connectivity index is 1.52. The van der Waals surface area contributed by atoms with Gasteiger partial charge < -0.3 is 15.4 Å². The molecule has 172 valence electrons. The maximum Gasteiger partial charge on any atom is 0.189 e. The number of nitrogen functional groups attached to an aromatic ring is 1. The molecule has 2 N–H and O–H groups in total. The number of nitrogens with zero attached hydrogens (tertiary/aromatic N) is 4. The molecule has 1 fully saturated rings. The van der Waals surface area contributed by atoms with Crippen LogP contribution in [0.25, 0.3) is 11.3 Å². The third-order valence-corrected chi connectivity index (χ3v) is 5.96. The molecule has 3 heterocycles. The largest absolute Gasteiger partial charge is 0.382 e. The van der Waals surface area contributed by atoms with Crippen LogP contribution in [0.15, 0.2) is 48.9 Å². The van der Waals surface area contributed by atoms with Gasteiger partial charge in [0.1, 0.15) is 5.69 Å². The minimum atomic E-state index is -0.166. The molecule has 0 spiro atoms. The molecule has 4 rings (SSSR count). The topological polar surface area (TPSA) is 94.2 Å². The zero-order chi connectivity index (χ0) is 23.0. The average molecular weight is 446 g/mol. The number of rotatable bonds is 9. The smallest absolute Gasteiger partial charge is 0.189 e. The van der Waals surface area contributed by atoms with Crippen LogP contribution in [-0.2, 0) is 17.6 Å². The van der Waals surface area contributed by atoms with E-state index in [0.29, 0.717) is 18.9 Å². The van der Waals surface area contributed by atoms with Crippen molar-refractivity contribution in [2.75, 3.05) is 36.9 Å². The van der Waals surface area contributed by atoms with Crippen molar-refractivity contribution in [3.05, 3.63) is 65.7 Å². The summed E-state index contributed by atoms with van der Waals surface area (Å²) in [5.74, 6) is -0.0164. The quantitative estimate of drug-likeness (QED) is 0.391. The van der Waals surface area contributed by atoms with Crippen LogP contribution >= 0.6 is 0 Å². The van der Waals surface area contributed by atoms with E-state index in [-0.39, 0.29) is 23.7 Å². The van der Waals surface area contributed by atoms with Crippen LogP contribution in [0.2, 0.25) is 0 Å². The predicted molar refractivity (Wildman–Crippen MR) is 130 cm³/mol. The van der Waals surface area contributed by atoms with E-state index in [1.807, 2.05) is 18.2 Å². The van der Waals surface area contributed by atoms with E-state index in [1.54, 1.807) is 18.6 Å². The van der Waals surface area contributed by atoms with Crippen LogP contribution in [0.5, 0.6) is 0 Å². The van der Waals surface area contributed by atoms with Gasteiger partial charge >= 0.3 is 0 Å². The molecule has 33 heavy (non-hydrogen) atoms. The molecule has 0 saturated carbocycles. The van der Waals surface area contributed by atoms with Crippen LogP contribution in [0.4, 0.5) is 11.5 Å². The SMILES string of the molecule is CCCCCc1ccc(-c2cnc(N)c(C(=O)Cc3cnccc3N3CCOCC3)n2)cc1. The summed E-state index contributed by atoms with van der Waals surface area (Å²) in [4.78, 5) is 28.5. The minimum Gasteiger partial charge on any atom is -0.382 e. The Bertz CT molecular complexity index is 1080. The Kier molecular flexibility index (Phi) is 7.62. The molecule has 1 aliphatic heterocycles. The maximum absolute atomic E-state index is 13.2. The number of carbonyl (C=O) groups is 1. The van der Waals surface area contributed by atoms with E-state index in [0.717, 1.165) is 36.3 Å². The number of anilines is 2. The normalized spacial score (nSPS) is 13.8. The molecule has 0 aliphatic carbocycles. The second kappa shape index (κ2) is 11.0. The fraction of sp³-hybridized carbons (Fsp3) is 0.385. The standard InChI is InChI=1S/C26H31N5O2/c1-2-3-4-5-19-6-8-20(9-7-19)22-18-29-26(27)25(30-22)24(32)16-21-17-28-11-10-23(21)31-12-14-33-15-13-31/h6-11,17-18H,2-5,12-16H2,1H3,(H2,27,29). The van der Waals surface area contributed by atoms with Gasteiger partial charge in [0.05, 0.1) is 25.1 Å². The van der Waals surface area contributed by atoms with Gasteiger partial charge in [-0.05, 0) is 24.5 Å². The minimum absolute atomic E-state index is 0.150. The van der Waals surface area contributed by atoms with Gasteiger partial charge in [0, 0.05) is 48.7 Å². The predicted octanol–water partition coefficient (Wildman–Crippen LogP) is 4.12. The summed E-state index contributed by atoms with van der Waals surface area (Å²) in [5.41, 5.74) is 11.0. The van der Waals surface area contributed by atoms with Crippen molar-refractivity contribution < 1.29 is 9.53 Å². The summed E-state index contributed by atoms with van der Waals surface area (Å²) in [6, 6.07) is 10.3. The summed E-state index contributed by atoms with van der Waals surface area (Å²) in [6.07, 6.45) is 10.00. The molecule has 7 nitrogen and oxygen atoms in total. The first-order valence-electron chi connectivity index (χ1n) is 11.7. The molecule has 2 aromatic heterocycles. The number of carbonyl (C=O) groups excluding carboxylic acids is 1. The molecular formula is C26H31N5O2. The second-order valence-corrected chi connectivity index (χ2v) is 8.35. The molecule has 1 aromatic carbocycles. The summed E-state index contributed by atoms with van der Waals surface area (Å²) >= 11 is 0. The van der Waals surface area contributed by atoms with Crippen LogP contribution in [0.3, 0.4) is 0 Å². The lowest BCUT2D eigenvalue weighted by Gasteiger charge is -2.30. The van der Waals surface area contributed by atoms with Crippen LogP contribution in [-0.4, -0.2) is 47.0 Å². The summed E-state index contributed by atoms with van der Waals surface area (Å²) in [5, 5.41) is 0. The van der Waals surface area contributed by atoms with Gasteiger partial charge in [0.2, 0.25) is 0 Å². The molecule has 7 heteroatoms. The average Bonchev–Trinajstić information content (AvgIpc) is 2.86. The van der Waals surface area contributed by atoms with Crippen molar-refractivity contribution in [1.82, 2.24) is 15.0 Å². The van der Waals surface area contributed by atoms with Crippen molar-refractivity contribution in [1.29, 1.82) is 0 Å². The number of hydrogen-bond donors (Lipinski definition) is 1. The van der Waals surface area contributed by atoms with Gasteiger partial charge in [0.25, 0.3) is 0 Å². The highest BCUT2D eigenvalue weighted by Crippen LogP contribution is 2.24. The van der Waals surface area contributed by atoms with E-state index in [2.05, 4.69) is 38.9 Å². The van der Waals surface area contributed by atoms with Gasteiger partial charge in [-0.25, -0.2) is 9.97 Å². The van der Waals surface area contributed by atoms with E-state index in [9.17, 15) is 4.79 Å². The molecule has 0 bridgehead atoms. The molecule has 0 atom stereocenters. The zero-order valence-electron chi connectivity index (χ0n) is 19.2. The number of aryl methyl sites for hydroxylation is 1. The number of ether oxygens (including phenoxy) is 1. The van der Waals surface area contributed by atoms with Crippen molar-refractivity contribution >= 4 is 17.3 Å². The molecule has 3 aromatic rings. The third-order valence-electron chi connectivity index (χ3n) is 5.96. The highest BCUT2D eigenvalue weighted by Gasteiger charge is 2.20. The Hall–Kier alpha value is -3.32. The first-order chi connectivity index (χ1) is 16.2. The third kappa shape index (κ3) is 5.73. The molecule has 0 unspecified atom stereocenters. The number of morpholine rings is 1. The lowest BCUT2D eigenvalue weighted by atomic mass is 10.0. The van der Waals surface area contributed by atoms with Crippen molar-refractivity contribution in [3.63, 3.8) is 0 Å². The fourth-order valence-electron chi connectivity index (χ4n) is 4.09. The van der Waals surface area contributed by atoms with Gasteiger partial charge in [-0.3, -0.25) is 9.78 Å². The van der Waals surface area contributed by atoms with E-state index < -0.39 is 0 Å². The highest BCUT2D eigenvalue weighted by atomic mass is 16.5. The van der Waals surface area contributed by atoms with Gasteiger partial charge in [-0.1, -0.05) is 44.0 Å². The number of hydrogen-bond acceptors (Lipinski definition) is 7. The van der Waals surface area contributed by atoms with Crippen molar-refractivity contribution in [3.8, 4) is 11.3 Å². The number of Topliss-reactive ketones (excluding diaryl/α,β-unsaturated/α-hetero) is 1. The Labute approximate surface area is 195 Å². The number of benzene rings is 1. The Morgan fingerprint density at radius 1 is 1.09 bits per heavy atom. The van der Waals surface area contributed by atoms with Gasteiger partial charge in [-0.15, -0.1) is 0 Å². The van der Waals surface area contributed by atoms with E-state index in [1.165, 1.54) is 24.8 Å². The highest BCUT2D eigenvalue weighted by molar-refractivity contribution is 6.00. The van der Waals surface area contributed by atoms with Crippen LogP contribution < -0.4 is 10.6 Å². The monoisotopic (exact) mass is 445 g/mol. The van der Waals surface area contributed by atoms with Gasteiger partial charge in [-0.2, -0.15) is 0 Å². The van der Waals surface area contributed by atoms with Crippen molar-refractivity contribution in [2.24, 2.45) is 0 Å². The van der Waals surface area contributed by atoms with Crippen LogP contribution in [0, 0.1) is 0 Å². The Morgan fingerprint density at radius 2 is 1.88 bits per heavy atom. The van der Waals surface area contributed by atoms with Gasteiger partial charge in [0.15, 0.2) is 11.6 Å². The molecule has 0 amide bonds. The van der Waals surface area contributed by atoms with E-state index in [4.69, 9.17) is 10.5 Å². The molecule has 1 saturated heterocycles. The lowest BCUT2D eigenvalue weighted by Crippen LogP contribution is -2.37. The number of ketones is 1. The van der Waals surface area contributed by atoms with Crippen LogP contribution in [0.1, 0.15) is 47.8 Å². The second-order valence-electron chi connectivity index (χ2n) is 8.35.